The number of nitrogens with zero attached hydrogens (tertiary/aromatic N) is 2. The van der Waals surface area contributed by atoms with Gasteiger partial charge in [-0.15, -0.1) is 0 Å². The van der Waals surface area contributed by atoms with Gasteiger partial charge in [0.2, 0.25) is 0 Å². The molecule has 0 aliphatic heterocycles. The van der Waals surface area contributed by atoms with Crippen LogP contribution < -0.4 is 0 Å². The second kappa shape index (κ2) is 6.31. The van der Waals surface area contributed by atoms with Crippen molar-refractivity contribution >= 4 is 0 Å². The van der Waals surface area contributed by atoms with Crippen molar-refractivity contribution < 1.29 is 0 Å². The van der Waals surface area contributed by atoms with E-state index < -0.39 is 0 Å². The van der Waals surface area contributed by atoms with Gasteiger partial charge in [0, 0.05) is 12.1 Å². The summed E-state index contributed by atoms with van der Waals surface area (Å²) in [5.74, 6) is 0. The van der Waals surface area contributed by atoms with Gasteiger partial charge >= 0.3 is 0 Å². The Balaban J connectivity index is 2.20. The van der Waals surface area contributed by atoms with E-state index in [0.717, 1.165) is 31.0 Å². The molecule has 94 valence electrons. The minimum absolute atomic E-state index is 0.924. The third-order valence-corrected chi connectivity index (χ3v) is 3.16. The van der Waals surface area contributed by atoms with E-state index in [0.29, 0.717) is 0 Å². The Kier molecular flexibility index (Phi) is 4.48. The first-order valence-corrected chi connectivity index (χ1v) is 6.57. The lowest BCUT2D eigenvalue weighted by atomic mass is 10.1. The normalized spacial score (nSPS) is 10.8. The van der Waals surface area contributed by atoms with E-state index >= 15 is 0 Å². The summed E-state index contributed by atoms with van der Waals surface area (Å²) in [6.45, 7) is 7.42. The summed E-state index contributed by atoms with van der Waals surface area (Å²) in [7, 11) is 0. The fourth-order valence-electron chi connectivity index (χ4n) is 2.01. The van der Waals surface area contributed by atoms with Gasteiger partial charge in [0.15, 0.2) is 0 Å². The summed E-state index contributed by atoms with van der Waals surface area (Å²) >= 11 is 0. The van der Waals surface area contributed by atoms with Crippen molar-refractivity contribution in [3.05, 3.63) is 54.2 Å². The number of pyridine rings is 1. The maximum Gasteiger partial charge on any atom is 0.0705 e. The fraction of sp³-hybridized carbons (Fsp3) is 0.312. The molecule has 0 aliphatic rings. The van der Waals surface area contributed by atoms with Gasteiger partial charge in [-0.1, -0.05) is 50.2 Å². The molecular formula is C16H20N2. The van der Waals surface area contributed by atoms with E-state index in [2.05, 4.69) is 49.1 Å². The first-order chi connectivity index (χ1) is 8.83. The Hall–Kier alpha value is -1.67. The van der Waals surface area contributed by atoms with Gasteiger partial charge in [-0.05, 0) is 25.2 Å². The molecule has 0 fully saturated rings. The lowest BCUT2D eigenvalue weighted by Gasteiger charge is -2.17. The molecule has 2 nitrogen and oxygen atoms in total. The minimum atomic E-state index is 0.924. The van der Waals surface area contributed by atoms with Crippen LogP contribution in [0.1, 0.15) is 19.5 Å². The van der Waals surface area contributed by atoms with Crippen LogP contribution in [0.5, 0.6) is 0 Å². The highest BCUT2D eigenvalue weighted by Crippen LogP contribution is 2.16. The third kappa shape index (κ3) is 3.17. The molecular weight excluding hydrogens is 220 g/mol. The van der Waals surface area contributed by atoms with Crippen molar-refractivity contribution in [3.8, 4) is 11.3 Å². The standard InChI is InChI=1S/C16H20N2/c1-3-18(4-2)13-15-11-8-12-16(17-15)14-9-6-5-7-10-14/h5-12H,3-4,13H2,1-2H3. The van der Waals surface area contributed by atoms with E-state index in [1.807, 2.05) is 18.2 Å². The average molecular weight is 240 g/mol. The second-order valence-electron chi connectivity index (χ2n) is 4.34. The average Bonchev–Trinajstić information content (AvgIpc) is 2.46. The molecule has 0 bridgehead atoms. The minimum Gasteiger partial charge on any atom is -0.298 e. The van der Waals surface area contributed by atoms with Crippen LogP contribution in [0.3, 0.4) is 0 Å². The molecule has 0 spiro atoms. The smallest absolute Gasteiger partial charge is 0.0705 e. The van der Waals surface area contributed by atoms with Crippen molar-refractivity contribution in [1.82, 2.24) is 9.88 Å². The summed E-state index contributed by atoms with van der Waals surface area (Å²) < 4.78 is 0. The highest BCUT2D eigenvalue weighted by atomic mass is 15.1. The number of benzene rings is 1. The SMILES string of the molecule is CCN(CC)Cc1cccc(-c2ccccc2)n1. The number of rotatable bonds is 5. The first kappa shape index (κ1) is 12.8. The predicted octanol–water partition coefficient (Wildman–Crippen LogP) is 3.59. The summed E-state index contributed by atoms with van der Waals surface area (Å²) in [6.07, 6.45) is 0. The Bertz CT molecular complexity index is 475. The van der Waals surface area contributed by atoms with Crippen LogP contribution in [0, 0.1) is 0 Å². The van der Waals surface area contributed by atoms with Crippen LogP contribution in [0.2, 0.25) is 0 Å². The van der Waals surface area contributed by atoms with Crippen molar-refractivity contribution in [1.29, 1.82) is 0 Å². The number of hydrogen-bond acceptors (Lipinski definition) is 2. The monoisotopic (exact) mass is 240 g/mol. The molecule has 2 heteroatoms. The summed E-state index contributed by atoms with van der Waals surface area (Å²) in [4.78, 5) is 7.11. The largest absolute Gasteiger partial charge is 0.298 e. The Labute approximate surface area is 109 Å². The van der Waals surface area contributed by atoms with Crippen molar-refractivity contribution in [3.63, 3.8) is 0 Å². The predicted molar refractivity (Wildman–Crippen MR) is 76.3 cm³/mol. The second-order valence-corrected chi connectivity index (χ2v) is 4.34. The molecule has 2 rings (SSSR count). The lowest BCUT2D eigenvalue weighted by Crippen LogP contribution is -2.22. The van der Waals surface area contributed by atoms with E-state index in [-0.39, 0.29) is 0 Å². The number of aromatic nitrogens is 1. The highest BCUT2D eigenvalue weighted by Gasteiger charge is 2.04. The quantitative estimate of drug-likeness (QED) is 0.794. The van der Waals surface area contributed by atoms with E-state index in [1.54, 1.807) is 0 Å². The fourth-order valence-corrected chi connectivity index (χ4v) is 2.01. The van der Waals surface area contributed by atoms with Gasteiger partial charge in [-0.2, -0.15) is 0 Å². The number of hydrogen-bond donors (Lipinski definition) is 0. The van der Waals surface area contributed by atoms with Crippen LogP contribution in [-0.4, -0.2) is 23.0 Å². The Morgan fingerprint density at radius 3 is 2.28 bits per heavy atom. The molecule has 1 heterocycles. The molecule has 1 aromatic heterocycles. The molecule has 0 amide bonds. The molecule has 0 radical (unpaired) electrons. The molecule has 0 saturated carbocycles. The van der Waals surface area contributed by atoms with Crippen LogP contribution >= 0.6 is 0 Å². The zero-order valence-corrected chi connectivity index (χ0v) is 11.1. The van der Waals surface area contributed by atoms with E-state index in [1.165, 1.54) is 5.56 Å². The Morgan fingerprint density at radius 1 is 0.889 bits per heavy atom. The van der Waals surface area contributed by atoms with Crippen LogP contribution in [0.4, 0.5) is 0 Å². The lowest BCUT2D eigenvalue weighted by molar-refractivity contribution is 0.292. The topological polar surface area (TPSA) is 16.1 Å². The summed E-state index contributed by atoms with van der Waals surface area (Å²) in [5.41, 5.74) is 3.37. The molecule has 0 atom stereocenters. The molecule has 0 N–H and O–H groups in total. The maximum absolute atomic E-state index is 4.74. The van der Waals surface area contributed by atoms with Gasteiger partial charge in [0.1, 0.15) is 0 Å². The van der Waals surface area contributed by atoms with Gasteiger partial charge in [-0.3, -0.25) is 9.88 Å². The van der Waals surface area contributed by atoms with Crippen molar-refractivity contribution in [2.24, 2.45) is 0 Å². The van der Waals surface area contributed by atoms with Gasteiger partial charge in [0.25, 0.3) is 0 Å². The summed E-state index contributed by atoms with van der Waals surface area (Å²) in [5, 5.41) is 0. The molecule has 0 aliphatic carbocycles. The van der Waals surface area contributed by atoms with Crippen LogP contribution in [-0.2, 0) is 6.54 Å². The molecule has 0 saturated heterocycles. The van der Waals surface area contributed by atoms with Crippen molar-refractivity contribution in [2.45, 2.75) is 20.4 Å². The zero-order valence-electron chi connectivity index (χ0n) is 11.1. The van der Waals surface area contributed by atoms with Crippen molar-refractivity contribution in [2.75, 3.05) is 13.1 Å². The van der Waals surface area contributed by atoms with Gasteiger partial charge < -0.3 is 0 Å². The van der Waals surface area contributed by atoms with Gasteiger partial charge in [0.05, 0.1) is 11.4 Å². The first-order valence-electron chi connectivity index (χ1n) is 6.57. The van der Waals surface area contributed by atoms with Crippen LogP contribution in [0.15, 0.2) is 48.5 Å². The van der Waals surface area contributed by atoms with Crippen LogP contribution in [0.25, 0.3) is 11.3 Å². The molecule has 18 heavy (non-hydrogen) atoms. The Morgan fingerprint density at radius 2 is 1.61 bits per heavy atom. The third-order valence-electron chi connectivity index (χ3n) is 3.16. The maximum atomic E-state index is 4.74. The zero-order chi connectivity index (χ0) is 12.8. The molecule has 1 aromatic carbocycles. The molecule has 2 aromatic rings. The highest BCUT2D eigenvalue weighted by molar-refractivity contribution is 5.58. The van der Waals surface area contributed by atoms with E-state index in [4.69, 9.17) is 4.98 Å². The van der Waals surface area contributed by atoms with Gasteiger partial charge in [-0.25, -0.2) is 0 Å². The summed E-state index contributed by atoms with van der Waals surface area (Å²) in [6, 6.07) is 16.6. The molecule has 0 unspecified atom stereocenters. The van der Waals surface area contributed by atoms with E-state index in [9.17, 15) is 0 Å².